The summed E-state index contributed by atoms with van der Waals surface area (Å²) >= 11 is 0. The summed E-state index contributed by atoms with van der Waals surface area (Å²) in [5.74, 6) is 0. The lowest BCUT2D eigenvalue weighted by Gasteiger charge is -2.38. The minimum Gasteiger partial charge on any atom is -0.450 e. The average Bonchev–Trinajstić information content (AvgIpc) is 2.77. The molecule has 4 nitrogen and oxygen atoms in total. The van der Waals surface area contributed by atoms with Crippen LogP contribution in [0.5, 0.6) is 0 Å². The minimum absolute atomic E-state index is 0.0867. The Morgan fingerprint density at radius 3 is 2.81 bits per heavy atom. The summed E-state index contributed by atoms with van der Waals surface area (Å²) in [6.07, 6.45) is 3.03. The molecule has 1 atom stereocenters. The van der Waals surface area contributed by atoms with Gasteiger partial charge in [-0.25, -0.2) is 4.79 Å². The lowest BCUT2D eigenvalue weighted by molar-refractivity contribution is 0.142. The van der Waals surface area contributed by atoms with E-state index in [2.05, 4.69) is 41.5 Å². The molecule has 1 amide bonds. The van der Waals surface area contributed by atoms with Crippen molar-refractivity contribution in [3.05, 3.63) is 35.4 Å². The molecule has 1 fully saturated rings. The van der Waals surface area contributed by atoms with Crippen molar-refractivity contribution in [2.75, 3.05) is 26.7 Å². The van der Waals surface area contributed by atoms with Crippen molar-refractivity contribution in [2.24, 2.45) is 0 Å². The number of carbonyl (C=O) groups is 1. The van der Waals surface area contributed by atoms with Crippen LogP contribution in [0, 0.1) is 0 Å². The molecule has 1 N–H and O–H groups in total. The van der Waals surface area contributed by atoms with Crippen molar-refractivity contribution < 1.29 is 9.53 Å². The van der Waals surface area contributed by atoms with E-state index in [0.717, 1.165) is 19.5 Å². The SMILES string of the molecule is CCOC(=O)NC1CC2(CCN(C)CC2)c2ccccc21. The van der Waals surface area contributed by atoms with Crippen LogP contribution in [0.1, 0.15) is 43.4 Å². The van der Waals surface area contributed by atoms with Gasteiger partial charge in [-0.05, 0) is 57.5 Å². The Kier molecular flexibility index (Phi) is 3.89. The number of nitrogens with zero attached hydrogens (tertiary/aromatic N) is 1. The van der Waals surface area contributed by atoms with Crippen molar-refractivity contribution >= 4 is 6.09 Å². The Balaban J connectivity index is 1.85. The van der Waals surface area contributed by atoms with E-state index < -0.39 is 0 Å². The Hall–Kier alpha value is -1.55. The number of likely N-dealkylation sites (tertiary alicyclic amines) is 1. The van der Waals surface area contributed by atoms with Crippen LogP contribution in [-0.4, -0.2) is 37.7 Å². The van der Waals surface area contributed by atoms with Crippen LogP contribution in [0.25, 0.3) is 0 Å². The molecule has 1 unspecified atom stereocenters. The first kappa shape index (κ1) is 14.4. The molecule has 114 valence electrons. The largest absolute Gasteiger partial charge is 0.450 e. The normalized spacial score (nSPS) is 23.8. The van der Waals surface area contributed by atoms with Crippen LogP contribution in [-0.2, 0) is 10.2 Å². The second-order valence-corrected chi connectivity index (χ2v) is 6.29. The summed E-state index contributed by atoms with van der Waals surface area (Å²) in [6.45, 7) is 4.50. The molecule has 21 heavy (non-hydrogen) atoms. The number of amides is 1. The van der Waals surface area contributed by atoms with Gasteiger partial charge in [0.25, 0.3) is 0 Å². The van der Waals surface area contributed by atoms with E-state index in [4.69, 9.17) is 4.74 Å². The number of benzene rings is 1. The highest BCUT2D eigenvalue weighted by atomic mass is 16.5. The number of piperidine rings is 1. The fourth-order valence-corrected chi connectivity index (χ4v) is 3.86. The van der Waals surface area contributed by atoms with Gasteiger partial charge in [0.15, 0.2) is 0 Å². The van der Waals surface area contributed by atoms with Gasteiger partial charge in [-0.1, -0.05) is 24.3 Å². The molecular weight excluding hydrogens is 264 g/mol. The van der Waals surface area contributed by atoms with E-state index in [9.17, 15) is 4.79 Å². The number of rotatable bonds is 2. The van der Waals surface area contributed by atoms with E-state index in [1.54, 1.807) is 0 Å². The zero-order valence-corrected chi connectivity index (χ0v) is 12.9. The number of hydrogen-bond acceptors (Lipinski definition) is 3. The monoisotopic (exact) mass is 288 g/mol. The molecule has 0 saturated carbocycles. The minimum atomic E-state index is -0.303. The van der Waals surface area contributed by atoms with Gasteiger partial charge in [0.05, 0.1) is 12.6 Å². The molecule has 0 radical (unpaired) electrons. The molecule has 0 bridgehead atoms. The molecule has 1 aliphatic carbocycles. The Bertz CT molecular complexity index is 521. The number of fused-ring (bicyclic) bond motifs is 2. The van der Waals surface area contributed by atoms with Crippen LogP contribution in [0.15, 0.2) is 24.3 Å². The van der Waals surface area contributed by atoms with Crippen LogP contribution >= 0.6 is 0 Å². The summed E-state index contributed by atoms with van der Waals surface area (Å²) in [4.78, 5) is 14.2. The van der Waals surface area contributed by atoms with Crippen LogP contribution < -0.4 is 5.32 Å². The van der Waals surface area contributed by atoms with Gasteiger partial charge in [0.2, 0.25) is 0 Å². The quantitative estimate of drug-likeness (QED) is 0.910. The number of hydrogen-bond donors (Lipinski definition) is 1. The smallest absolute Gasteiger partial charge is 0.407 e. The molecular formula is C17H24N2O2. The number of alkyl carbamates (subject to hydrolysis) is 1. The van der Waals surface area contributed by atoms with Crippen molar-refractivity contribution in [1.29, 1.82) is 0 Å². The predicted octanol–water partition coefficient (Wildman–Crippen LogP) is 2.84. The summed E-state index contributed by atoms with van der Waals surface area (Å²) in [7, 11) is 2.18. The van der Waals surface area contributed by atoms with Crippen molar-refractivity contribution in [2.45, 2.75) is 37.6 Å². The molecule has 2 aliphatic rings. The molecule has 1 aromatic rings. The van der Waals surface area contributed by atoms with Crippen molar-refractivity contribution in [3.8, 4) is 0 Å². The molecule has 1 spiro atoms. The Morgan fingerprint density at radius 2 is 2.10 bits per heavy atom. The standard InChI is InChI=1S/C17H24N2O2/c1-3-21-16(20)18-15-12-17(8-10-19(2)11-9-17)14-7-5-4-6-13(14)15/h4-7,15H,3,8-12H2,1-2H3,(H,18,20). The third-order valence-corrected chi connectivity index (χ3v) is 5.01. The van der Waals surface area contributed by atoms with Gasteiger partial charge < -0.3 is 15.0 Å². The highest BCUT2D eigenvalue weighted by molar-refractivity contribution is 5.68. The van der Waals surface area contributed by atoms with Crippen molar-refractivity contribution in [1.82, 2.24) is 10.2 Å². The first-order chi connectivity index (χ1) is 10.1. The summed E-state index contributed by atoms with van der Waals surface area (Å²) < 4.78 is 5.05. The number of nitrogens with one attached hydrogen (secondary N) is 1. The van der Waals surface area contributed by atoms with Crippen LogP contribution in [0.4, 0.5) is 4.79 Å². The second kappa shape index (κ2) is 5.68. The number of ether oxygens (including phenoxy) is 1. The number of carbonyl (C=O) groups excluding carboxylic acids is 1. The maximum absolute atomic E-state index is 11.8. The second-order valence-electron chi connectivity index (χ2n) is 6.29. The summed E-state index contributed by atoms with van der Waals surface area (Å²) in [6, 6.07) is 8.66. The molecule has 1 heterocycles. The molecule has 1 saturated heterocycles. The predicted molar refractivity (Wildman–Crippen MR) is 82.4 cm³/mol. The van der Waals surface area contributed by atoms with Gasteiger partial charge in [0.1, 0.15) is 0 Å². The highest BCUT2D eigenvalue weighted by Gasteiger charge is 2.45. The summed E-state index contributed by atoms with van der Waals surface area (Å²) in [5, 5.41) is 3.04. The van der Waals surface area contributed by atoms with Gasteiger partial charge in [-0.3, -0.25) is 0 Å². The maximum Gasteiger partial charge on any atom is 0.407 e. The Labute approximate surface area is 126 Å². The third-order valence-electron chi connectivity index (χ3n) is 5.01. The van der Waals surface area contributed by atoms with E-state index in [1.165, 1.54) is 24.0 Å². The zero-order valence-electron chi connectivity index (χ0n) is 12.9. The van der Waals surface area contributed by atoms with E-state index >= 15 is 0 Å². The van der Waals surface area contributed by atoms with E-state index in [0.29, 0.717) is 6.61 Å². The van der Waals surface area contributed by atoms with Crippen LogP contribution in [0.3, 0.4) is 0 Å². The van der Waals surface area contributed by atoms with Gasteiger partial charge in [-0.2, -0.15) is 0 Å². The fourth-order valence-electron chi connectivity index (χ4n) is 3.86. The first-order valence-electron chi connectivity index (χ1n) is 7.86. The fraction of sp³-hybridized carbons (Fsp3) is 0.588. The van der Waals surface area contributed by atoms with Crippen LogP contribution in [0.2, 0.25) is 0 Å². The highest BCUT2D eigenvalue weighted by Crippen LogP contribution is 2.50. The lowest BCUT2D eigenvalue weighted by Crippen LogP contribution is -2.40. The van der Waals surface area contributed by atoms with Gasteiger partial charge >= 0.3 is 6.09 Å². The molecule has 4 heteroatoms. The van der Waals surface area contributed by atoms with Crippen molar-refractivity contribution in [3.63, 3.8) is 0 Å². The third kappa shape index (κ3) is 2.64. The zero-order chi connectivity index (χ0) is 14.9. The first-order valence-corrected chi connectivity index (χ1v) is 7.86. The summed E-state index contributed by atoms with van der Waals surface area (Å²) in [5.41, 5.74) is 2.93. The average molecular weight is 288 g/mol. The molecule has 1 aromatic carbocycles. The van der Waals surface area contributed by atoms with E-state index in [-0.39, 0.29) is 17.6 Å². The van der Waals surface area contributed by atoms with Gasteiger partial charge in [-0.15, -0.1) is 0 Å². The lowest BCUT2D eigenvalue weighted by atomic mass is 9.74. The topological polar surface area (TPSA) is 41.6 Å². The Morgan fingerprint density at radius 1 is 1.38 bits per heavy atom. The molecule has 3 rings (SSSR count). The maximum atomic E-state index is 11.8. The molecule has 0 aromatic heterocycles. The molecule has 1 aliphatic heterocycles. The van der Waals surface area contributed by atoms with Gasteiger partial charge in [0, 0.05) is 5.41 Å². The van der Waals surface area contributed by atoms with E-state index in [1.807, 2.05) is 6.92 Å².